The van der Waals surface area contributed by atoms with Gasteiger partial charge in [0.15, 0.2) is 0 Å². The molecule has 0 saturated carbocycles. The van der Waals surface area contributed by atoms with Crippen molar-refractivity contribution < 1.29 is 24.4 Å². The van der Waals surface area contributed by atoms with E-state index in [0.717, 1.165) is 12.2 Å². The molecule has 0 heterocycles. The molecule has 0 bridgehead atoms. The molecule has 0 aromatic carbocycles. The predicted molar refractivity (Wildman–Crippen MR) is 117 cm³/mol. The standard InChI is InChI=1S/C18H38OS2.H3O4P/c1-20-16-12-10-8-6-4-2-3-5-7-9-11-13-17-21-18-14-15-19;1-5(2,3)4/h19H,2-18H2,1H3;(H3,1,2,3,4). The second kappa shape index (κ2) is 23.8. The lowest BCUT2D eigenvalue weighted by molar-refractivity contribution is 0.275. The van der Waals surface area contributed by atoms with Crippen LogP contribution in [-0.4, -0.2) is 49.9 Å². The van der Waals surface area contributed by atoms with Crippen LogP contribution in [0.5, 0.6) is 0 Å². The van der Waals surface area contributed by atoms with Crippen molar-refractivity contribution in [2.75, 3.05) is 30.1 Å². The van der Waals surface area contributed by atoms with Gasteiger partial charge in [0.2, 0.25) is 0 Å². The maximum atomic E-state index is 8.88. The molecule has 0 aliphatic rings. The maximum absolute atomic E-state index is 8.88. The molecule has 5 nitrogen and oxygen atoms in total. The van der Waals surface area contributed by atoms with Gasteiger partial charge in [-0.1, -0.05) is 64.2 Å². The van der Waals surface area contributed by atoms with Gasteiger partial charge in [0.25, 0.3) is 0 Å². The van der Waals surface area contributed by atoms with Crippen LogP contribution in [0.2, 0.25) is 0 Å². The van der Waals surface area contributed by atoms with Crippen LogP contribution in [-0.2, 0) is 4.57 Å². The zero-order valence-corrected chi connectivity index (χ0v) is 19.0. The van der Waals surface area contributed by atoms with E-state index in [2.05, 4.69) is 6.26 Å². The van der Waals surface area contributed by atoms with Crippen molar-refractivity contribution in [3.05, 3.63) is 0 Å². The summed E-state index contributed by atoms with van der Waals surface area (Å²) in [6, 6.07) is 0. The van der Waals surface area contributed by atoms with Gasteiger partial charge in [-0.05, 0) is 42.8 Å². The Morgan fingerprint density at radius 1 is 0.615 bits per heavy atom. The SMILES string of the molecule is CSCCCCCCCCCCCCCCSCCCO.O=P(O)(O)O. The van der Waals surface area contributed by atoms with Gasteiger partial charge < -0.3 is 19.8 Å². The van der Waals surface area contributed by atoms with Gasteiger partial charge in [-0.2, -0.15) is 23.5 Å². The fourth-order valence-electron chi connectivity index (χ4n) is 2.49. The first-order chi connectivity index (χ1) is 12.4. The fourth-order valence-corrected chi connectivity index (χ4v) is 3.93. The normalized spacial score (nSPS) is 11.3. The average Bonchev–Trinajstić information content (AvgIpc) is 2.56. The molecular formula is C18H41O5PS2. The highest BCUT2D eigenvalue weighted by Crippen LogP contribution is 2.25. The van der Waals surface area contributed by atoms with E-state index in [1.165, 1.54) is 88.6 Å². The van der Waals surface area contributed by atoms with Crippen molar-refractivity contribution in [3.8, 4) is 0 Å². The molecule has 0 rings (SSSR count). The third-order valence-electron chi connectivity index (χ3n) is 3.83. The third-order valence-corrected chi connectivity index (χ3v) is 5.69. The molecule has 26 heavy (non-hydrogen) atoms. The van der Waals surface area contributed by atoms with Gasteiger partial charge in [-0.25, -0.2) is 4.57 Å². The first kappa shape index (κ1) is 29.0. The molecular weight excluding hydrogens is 391 g/mol. The van der Waals surface area contributed by atoms with Gasteiger partial charge in [0, 0.05) is 6.61 Å². The summed E-state index contributed by atoms with van der Waals surface area (Å²) < 4.78 is 8.88. The molecule has 0 saturated heterocycles. The summed E-state index contributed by atoms with van der Waals surface area (Å²) in [5.74, 6) is 3.77. The number of hydrogen-bond acceptors (Lipinski definition) is 4. The van der Waals surface area contributed by atoms with Crippen molar-refractivity contribution in [2.45, 2.75) is 83.5 Å². The topological polar surface area (TPSA) is 98.0 Å². The number of unbranched alkanes of at least 4 members (excludes halogenated alkanes) is 11. The number of rotatable bonds is 18. The molecule has 0 aliphatic heterocycles. The molecule has 0 amide bonds. The van der Waals surface area contributed by atoms with Gasteiger partial charge >= 0.3 is 7.82 Å². The van der Waals surface area contributed by atoms with Crippen molar-refractivity contribution in [3.63, 3.8) is 0 Å². The highest BCUT2D eigenvalue weighted by atomic mass is 32.2. The van der Waals surface area contributed by atoms with Crippen LogP contribution in [0.1, 0.15) is 83.5 Å². The zero-order chi connectivity index (χ0) is 19.9. The van der Waals surface area contributed by atoms with Crippen LogP contribution in [0, 0.1) is 0 Å². The van der Waals surface area contributed by atoms with Crippen LogP contribution in [0.25, 0.3) is 0 Å². The molecule has 0 unspecified atom stereocenters. The summed E-state index contributed by atoms with van der Waals surface area (Å²) >= 11 is 3.98. The quantitative estimate of drug-likeness (QED) is 0.174. The van der Waals surface area contributed by atoms with Crippen molar-refractivity contribution >= 4 is 31.3 Å². The van der Waals surface area contributed by atoms with Crippen LogP contribution in [0.4, 0.5) is 0 Å². The molecule has 8 heteroatoms. The van der Waals surface area contributed by atoms with E-state index >= 15 is 0 Å². The summed E-state index contributed by atoms with van der Waals surface area (Å²) in [6.45, 7) is 0.352. The molecule has 0 aromatic heterocycles. The van der Waals surface area contributed by atoms with E-state index in [9.17, 15) is 0 Å². The van der Waals surface area contributed by atoms with Crippen LogP contribution < -0.4 is 0 Å². The number of aliphatic hydroxyl groups is 1. The van der Waals surface area contributed by atoms with Gasteiger partial charge in [-0.3, -0.25) is 0 Å². The second-order valence-electron chi connectivity index (χ2n) is 6.44. The Morgan fingerprint density at radius 2 is 0.923 bits per heavy atom. The summed E-state index contributed by atoms with van der Waals surface area (Å²) in [5, 5.41) is 8.68. The van der Waals surface area contributed by atoms with Gasteiger partial charge in [-0.15, -0.1) is 0 Å². The average molecular weight is 433 g/mol. The molecule has 0 aliphatic carbocycles. The highest BCUT2D eigenvalue weighted by molar-refractivity contribution is 7.99. The van der Waals surface area contributed by atoms with Gasteiger partial charge in [0.05, 0.1) is 0 Å². The number of hydrogen-bond donors (Lipinski definition) is 4. The zero-order valence-electron chi connectivity index (χ0n) is 16.5. The molecule has 0 radical (unpaired) electrons. The summed E-state index contributed by atoms with van der Waals surface area (Å²) in [6.07, 6.45) is 20.4. The Kier molecular flexibility index (Phi) is 26.5. The van der Waals surface area contributed by atoms with E-state index in [1.54, 1.807) is 0 Å². The smallest absolute Gasteiger partial charge is 0.396 e. The van der Waals surface area contributed by atoms with Crippen LogP contribution >= 0.6 is 31.3 Å². The van der Waals surface area contributed by atoms with Crippen molar-refractivity contribution in [2.24, 2.45) is 0 Å². The maximum Gasteiger partial charge on any atom is 0.466 e. The van der Waals surface area contributed by atoms with E-state index in [0.29, 0.717) is 6.61 Å². The summed E-state index contributed by atoms with van der Waals surface area (Å²) in [5.41, 5.74) is 0. The Hall–Kier alpha value is 0.770. The Balaban J connectivity index is 0. The Bertz CT molecular complexity index is 277. The van der Waals surface area contributed by atoms with Gasteiger partial charge in [0.1, 0.15) is 0 Å². The predicted octanol–water partition coefficient (Wildman–Crippen LogP) is 5.22. The fraction of sp³-hybridized carbons (Fsp3) is 1.00. The Labute approximate surface area is 169 Å². The molecule has 160 valence electrons. The van der Waals surface area contributed by atoms with Crippen molar-refractivity contribution in [1.82, 2.24) is 0 Å². The number of thioether (sulfide) groups is 2. The van der Waals surface area contributed by atoms with E-state index in [1.807, 2.05) is 23.5 Å². The molecule has 4 N–H and O–H groups in total. The number of phosphoric acid groups is 1. The molecule has 0 fully saturated rings. The Morgan fingerprint density at radius 3 is 1.27 bits per heavy atom. The first-order valence-electron chi connectivity index (χ1n) is 9.87. The highest BCUT2D eigenvalue weighted by Gasteiger charge is 2.00. The number of aliphatic hydroxyl groups excluding tert-OH is 1. The molecule has 0 aromatic rings. The summed E-state index contributed by atoms with van der Waals surface area (Å²) in [7, 11) is -4.64. The second-order valence-corrected chi connectivity index (χ2v) is 9.68. The monoisotopic (exact) mass is 432 g/mol. The minimum Gasteiger partial charge on any atom is -0.396 e. The van der Waals surface area contributed by atoms with E-state index in [-0.39, 0.29) is 0 Å². The lowest BCUT2D eigenvalue weighted by Crippen LogP contribution is -1.88. The lowest BCUT2D eigenvalue weighted by atomic mass is 10.1. The van der Waals surface area contributed by atoms with Crippen LogP contribution in [0.15, 0.2) is 0 Å². The summed E-state index contributed by atoms with van der Waals surface area (Å²) in [4.78, 5) is 21.6. The third kappa shape index (κ3) is 39.7. The van der Waals surface area contributed by atoms with E-state index < -0.39 is 7.82 Å². The van der Waals surface area contributed by atoms with Crippen molar-refractivity contribution in [1.29, 1.82) is 0 Å². The molecule has 0 atom stereocenters. The minimum atomic E-state index is -4.64. The largest absolute Gasteiger partial charge is 0.466 e. The lowest BCUT2D eigenvalue weighted by Gasteiger charge is -2.03. The van der Waals surface area contributed by atoms with E-state index in [4.69, 9.17) is 24.4 Å². The first-order valence-corrected chi connectivity index (χ1v) is 14.0. The van der Waals surface area contributed by atoms with Crippen LogP contribution in [0.3, 0.4) is 0 Å². The minimum absolute atomic E-state index is 0.352. The molecule has 0 spiro atoms.